The second-order valence-corrected chi connectivity index (χ2v) is 9.50. The van der Waals surface area contributed by atoms with Crippen LogP contribution in [0.25, 0.3) is 0 Å². The Morgan fingerprint density at radius 2 is 1.71 bits per heavy atom. The van der Waals surface area contributed by atoms with E-state index in [0.717, 1.165) is 11.3 Å². The number of carbonyl (C=O) groups is 2. The number of carbonyl (C=O) groups excluding carboxylic acids is 2. The number of benzene rings is 3. The van der Waals surface area contributed by atoms with Crippen LogP contribution in [0.3, 0.4) is 0 Å². The lowest BCUT2D eigenvalue weighted by molar-refractivity contribution is -0.116. The summed E-state index contributed by atoms with van der Waals surface area (Å²) < 4.78 is 24.6. The van der Waals surface area contributed by atoms with Gasteiger partial charge in [0.25, 0.3) is 5.91 Å². The number of amides is 1. The van der Waals surface area contributed by atoms with Crippen molar-refractivity contribution in [2.45, 2.75) is 31.6 Å². The Hall–Kier alpha value is -4.39. The third-order valence-electron chi connectivity index (χ3n) is 7.19. The number of dihydropyridines is 1. The molecule has 1 amide bonds. The SMILES string of the molecule is COc1ccc(OC)c(C2C(C(=O)Nc3ccc(F)cc3)=C(C)NC3=C2C(=O)CC(c2ccccc2)C3)c1. The van der Waals surface area contributed by atoms with E-state index in [-0.39, 0.29) is 17.6 Å². The van der Waals surface area contributed by atoms with Crippen LogP contribution in [0.4, 0.5) is 10.1 Å². The number of ether oxygens (including phenoxy) is 2. The van der Waals surface area contributed by atoms with Gasteiger partial charge >= 0.3 is 0 Å². The first-order valence-electron chi connectivity index (χ1n) is 12.5. The first kappa shape index (κ1) is 25.3. The smallest absolute Gasteiger partial charge is 0.254 e. The molecule has 2 N–H and O–H groups in total. The van der Waals surface area contributed by atoms with Crippen LogP contribution in [-0.4, -0.2) is 25.9 Å². The van der Waals surface area contributed by atoms with Gasteiger partial charge in [-0.2, -0.15) is 0 Å². The number of methoxy groups -OCH3 is 2. The largest absolute Gasteiger partial charge is 0.497 e. The van der Waals surface area contributed by atoms with Crippen LogP contribution < -0.4 is 20.1 Å². The van der Waals surface area contributed by atoms with Crippen molar-refractivity contribution in [3.8, 4) is 11.5 Å². The van der Waals surface area contributed by atoms with Crippen molar-refractivity contribution in [2.24, 2.45) is 0 Å². The number of Topliss-reactive ketones (excluding diaryl/α,β-unsaturated/α-hetero) is 1. The number of rotatable bonds is 6. The molecule has 1 aliphatic carbocycles. The number of hydrogen-bond donors (Lipinski definition) is 2. The maximum atomic E-state index is 13.9. The third-order valence-corrected chi connectivity index (χ3v) is 7.19. The molecule has 3 aromatic rings. The predicted molar refractivity (Wildman–Crippen MR) is 144 cm³/mol. The molecule has 2 aliphatic rings. The summed E-state index contributed by atoms with van der Waals surface area (Å²) in [4.78, 5) is 27.6. The maximum absolute atomic E-state index is 13.9. The topological polar surface area (TPSA) is 76.7 Å². The van der Waals surface area contributed by atoms with E-state index >= 15 is 0 Å². The molecule has 0 bridgehead atoms. The molecule has 1 aliphatic heterocycles. The molecule has 0 saturated carbocycles. The van der Waals surface area contributed by atoms with Crippen LogP contribution in [0.1, 0.15) is 42.7 Å². The quantitative estimate of drug-likeness (QED) is 0.434. The van der Waals surface area contributed by atoms with E-state index < -0.39 is 11.7 Å². The first-order valence-corrected chi connectivity index (χ1v) is 12.5. The third kappa shape index (κ3) is 4.79. The monoisotopic (exact) mass is 512 g/mol. The minimum absolute atomic E-state index is 0.0259. The van der Waals surface area contributed by atoms with E-state index in [0.29, 0.717) is 52.4 Å². The molecule has 194 valence electrons. The van der Waals surface area contributed by atoms with E-state index in [9.17, 15) is 14.0 Å². The zero-order chi connectivity index (χ0) is 26.8. The molecule has 38 heavy (non-hydrogen) atoms. The lowest BCUT2D eigenvalue weighted by Gasteiger charge is -2.37. The van der Waals surface area contributed by atoms with E-state index in [1.807, 2.05) is 43.3 Å². The summed E-state index contributed by atoms with van der Waals surface area (Å²) in [5.74, 6) is -0.327. The zero-order valence-corrected chi connectivity index (χ0v) is 21.5. The van der Waals surface area contributed by atoms with Gasteiger partial charge in [0.05, 0.1) is 20.1 Å². The summed E-state index contributed by atoms with van der Waals surface area (Å²) >= 11 is 0. The van der Waals surface area contributed by atoms with Crippen LogP contribution in [0, 0.1) is 5.82 Å². The van der Waals surface area contributed by atoms with E-state index in [4.69, 9.17) is 9.47 Å². The summed E-state index contributed by atoms with van der Waals surface area (Å²) in [6.45, 7) is 1.83. The maximum Gasteiger partial charge on any atom is 0.254 e. The minimum Gasteiger partial charge on any atom is -0.497 e. The highest BCUT2D eigenvalue weighted by molar-refractivity contribution is 6.10. The normalized spacial score (nSPS) is 19.0. The van der Waals surface area contributed by atoms with Gasteiger partial charge in [-0.05, 0) is 67.3 Å². The number of nitrogens with one attached hydrogen (secondary N) is 2. The van der Waals surface area contributed by atoms with Gasteiger partial charge in [0.2, 0.25) is 0 Å². The minimum atomic E-state index is -0.680. The summed E-state index contributed by atoms with van der Waals surface area (Å²) in [6, 6.07) is 20.9. The predicted octanol–water partition coefficient (Wildman–Crippen LogP) is 5.84. The Balaban J connectivity index is 1.62. The molecule has 0 radical (unpaired) electrons. The van der Waals surface area contributed by atoms with Crippen molar-refractivity contribution in [3.63, 3.8) is 0 Å². The van der Waals surface area contributed by atoms with E-state index in [1.165, 1.54) is 24.3 Å². The molecule has 2 atom stereocenters. The van der Waals surface area contributed by atoms with Gasteiger partial charge in [0, 0.05) is 40.2 Å². The Bertz CT molecular complexity index is 1440. The highest BCUT2D eigenvalue weighted by atomic mass is 19.1. The molecular weight excluding hydrogens is 483 g/mol. The fourth-order valence-electron chi connectivity index (χ4n) is 5.41. The van der Waals surface area contributed by atoms with Gasteiger partial charge < -0.3 is 20.1 Å². The first-order chi connectivity index (χ1) is 18.4. The summed E-state index contributed by atoms with van der Waals surface area (Å²) in [6.07, 6.45) is 0.970. The van der Waals surface area contributed by atoms with E-state index in [1.54, 1.807) is 26.4 Å². The van der Waals surface area contributed by atoms with Crippen molar-refractivity contribution >= 4 is 17.4 Å². The fourth-order valence-corrected chi connectivity index (χ4v) is 5.41. The second-order valence-electron chi connectivity index (χ2n) is 9.50. The van der Waals surface area contributed by atoms with E-state index in [2.05, 4.69) is 10.6 Å². The van der Waals surface area contributed by atoms with Crippen LogP contribution >= 0.6 is 0 Å². The van der Waals surface area contributed by atoms with Crippen LogP contribution in [0.15, 0.2) is 95.3 Å². The number of halogens is 1. The standard InChI is InChI=1S/C31H29FN2O4/c1-18-28(31(36)34-22-11-9-21(32)10-12-22)29(24-17-23(37-2)13-14-27(24)38-3)30-25(33-18)15-20(16-26(30)35)19-7-5-4-6-8-19/h4-14,17,20,29,33H,15-16H2,1-3H3,(H,34,36). The van der Waals surface area contributed by atoms with Crippen molar-refractivity contribution in [3.05, 3.63) is 112 Å². The van der Waals surface area contributed by atoms with Crippen molar-refractivity contribution in [1.29, 1.82) is 0 Å². The highest BCUT2D eigenvalue weighted by Crippen LogP contribution is 2.48. The molecule has 0 saturated heterocycles. The molecule has 0 fully saturated rings. The lowest BCUT2D eigenvalue weighted by Crippen LogP contribution is -2.37. The van der Waals surface area contributed by atoms with Crippen LogP contribution in [0.5, 0.6) is 11.5 Å². The van der Waals surface area contributed by atoms with Gasteiger partial charge in [-0.1, -0.05) is 30.3 Å². The zero-order valence-electron chi connectivity index (χ0n) is 21.5. The van der Waals surface area contributed by atoms with Crippen molar-refractivity contribution < 1.29 is 23.5 Å². The summed E-state index contributed by atoms with van der Waals surface area (Å²) in [5, 5.41) is 6.26. The highest BCUT2D eigenvalue weighted by Gasteiger charge is 2.42. The molecule has 0 aromatic heterocycles. The van der Waals surface area contributed by atoms with Gasteiger partial charge in [0.15, 0.2) is 5.78 Å². The molecule has 0 spiro atoms. The Kier molecular flexibility index (Phi) is 7.01. The Morgan fingerprint density at radius 3 is 2.39 bits per heavy atom. The molecule has 3 aromatic carbocycles. The average molecular weight is 513 g/mol. The van der Waals surface area contributed by atoms with Gasteiger partial charge in [-0.3, -0.25) is 9.59 Å². The molecule has 2 unspecified atom stereocenters. The van der Waals surface area contributed by atoms with Gasteiger partial charge in [-0.25, -0.2) is 4.39 Å². The van der Waals surface area contributed by atoms with Gasteiger partial charge in [-0.15, -0.1) is 0 Å². The number of ketones is 1. The number of allylic oxidation sites excluding steroid dienone is 3. The van der Waals surface area contributed by atoms with Gasteiger partial charge in [0.1, 0.15) is 17.3 Å². The molecule has 7 heteroatoms. The Morgan fingerprint density at radius 1 is 0.974 bits per heavy atom. The van der Waals surface area contributed by atoms with Crippen LogP contribution in [0.2, 0.25) is 0 Å². The second kappa shape index (κ2) is 10.5. The summed E-state index contributed by atoms with van der Waals surface area (Å²) in [7, 11) is 3.13. The fraction of sp³-hybridized carbons (Fsp3) is 0.226. The Labute approximate surface area is 221 Å². The van der Waals surface area contributed by atoms with Crippen LogP contribution in [-0.2, 0) is 9.59 Å². The number of anilines is 1. The summed E-state index contributed by atoms with van der Waals surface area (Å²) in [5.41, 5.74) is 4.61. The number of hydrogen-bond acceptors (Lipinski definition) is 5. The lowest BCUT2D eigenvalue weighted by atomic mass is 9.71. The molecule has 5 rings (SSSR count). The van der Waals surface area contributed by atoms with Crippen molar-refractivity contribution in [1.82, 2.24) is 5.32 Å². The molecule has 6 nitrogen and oxygen atoms in total. The van der Waals surface area contributed by atoms with Crippen molar-refractivity contribution in [2.75, 3.05) is 19.5 Å². The molecule has 1 heterocycles. The average Bonchev–Trinajstić information content (AvgIpc) is 2.93. The molecular formula is C31H29FN2O4.